The lowest BCUT2D eigenvalue weighted by molar-refractivity contribution is 0.196. The third kappa shape index (κ3) is 4.49. The Kier molecular flexibility index (Phi) is 5.16. The van der Waals surface area contributed by atoms with Crippen molar-refractivity contribution in [2.24, 2.45) is 5.41 Å². The van der Waals surface area contributed by atoms with Crippen LogP contribution in [0.4, 0.5) is 0 Å². The minimum atomic E-state index is 0.172. The van der Waals surface area contributed by atoms with Crippen LogP contribution in [0.3, 0.4) is 0 Å². The van der Waals surface area contributed by atoms with Crippen molar-refractivity contribution in [3.05, 3.63) is 35.4 Å². The summed E-state index contributed by atoms with van der Waals surface area (Å²) in [5.74, 6) is 0. The average Bonchev–Trinajstić information content (AvgIpc) is 2.24. The number of aryl methyl sites for hydroxylation is 1. The minimum Gasteiger partial charge on any atom is -0.396 e. The predicted octanol–water partition coefficient (Wildman–Crippen LogP) is 2.88. The summed E-state index contributed by atoms with van der Waals surface area (Å²) >= 11 is 0. The molecule has 0 spiro atoms. The van der Waals surface area contributed by atoms with E-state index in [0.29, 0.717) is 6.04 Å². The zero-order valence-corrected chi connectivity index (χ0v) is 11.5. The number of aliphatic hydroxyl groups is 1. The first-order valence-electron chi connectivity index (χ1n) is 6.34. The molecular weight excluding hydrogens is 210 g/mol. The number of hydrogen-bond acceptors (Lipinski definition) is 2. The number of aliphatic hydroxyl groups excluding tert-OH is 1. The summed E-state index contributed by atoms with van der Waals surface area (Å²) in [6, 6.07) is 8.76. The number of benzene rings is 1. The molecule has 17 heavy (non-hydrogen) atoms. The van der Waals surface area contributed by atoms with Gasteiger partial charge >= 0.3 is 0 Å². The standard InChI is InChI=1S/C15H25NO/c1-12-7-5-6-8-13(12)11-16-14(9-10-17)15(2,3)4/h5-8,14,16-17H,9-11H2,1-4H3. The van der Waals surface area contributed by atoms with Crippen molar-refractivity contribution in [1.82, 2.24) is 5.32 Å². The molecule has 0 heterocycles. The summed E-state index contributed by atoms with van der Waals surface area (Å²) in [5, 5.41) is 12.7. The summed E-state index contributed by atoms with van der Waals surface area (Å²) < 4.78 is 0. The van der Waals surface area contributed by atoms with E-state index in [2.05, 4.69) is 57.3 Å². The molecule has 0 aliphatic rings. The fourth-order valence-electron chi connectivity index (χ4n) is 2.01. The number of rotatable bonds is 5. The molecule has 1 aromatic rings. The van der Waals surface area contributed by atoms with E-state index in [0.717, 1.165) is 13.0 Å². The van der Waals surface area contributed by atoms with Crippen molar-refractivity contribution in [1.29, 1.82) is 0 Å². The molecule has 1 unspecified atom stereocenters. The van der Waals surface area contributed by atoms with E-state index in [1.807, 2.05) is 0 Å². The second-order valence-corrected chi connectivity index (χ2v) is 5.74. The van der Waals surface area contributed by atoms with Gasteiger partial charge in [-0.2, -0.15) is 0 Å². The summed E-state index contributed by atoms with van der Waals surface area (Å²) in [6.07, 6.45) is 0.801. The fourth-order valence-corrected chi connectivity index (χ4v) is 2.01. The van der Waals surface area contributed by atoms with Crippen molar-refractivity contribution in [3.63, 3.8) is 0 Å². The van der Waals surface area contributed by atoms with Gasteiger partial charge in [0.25, 0.3) is 0 Å². The maximum atomic E-state index is 9.11. The van der Waals surface area contributed by atoms with Crippen LogP contribution in [0.25, 0.3) is 0 Å². The lowest BCUT2D eigenvalue weighted by atomic mass is 9.85. The van der Waals surface area contributed by atoms with E-state index >= 15 is 0 Å². The van der Waals surface area contributed by atoms with Crippen LogP contribution in [0, 0.1) is 12.3 Å². The van der Waals surface area contributed by atoms with Gasteiger partial charge in [-0.15, -0.1) is 0 Å². The Hall–Kier alpha value is -0.860. The first-order valence-corrected chi connectivity index (χ1v) is 6.34. The largest absolute Gasteiger partial charge is 0.396 e. The molecule has 0 aromatic heterocycles. The van der Waals surface area contributed by atoms with Gasteiger partial charge in [-0.1, -0.05) is 45.0 Å². The molecular formula is C15H25NO. The molecule has 2 heteroatoms. The Morgan fingerprint density at radius 2 is 1.88 bits per heavy atom. The van der Waals surface area contributed by atoms with Crippen molar-refractivity contribution >= 4 is 0 Å². The van der Waals surface area contributed by atoms with Crippen LogP contribution in [0.5, 0.6) is 0 Å². The topological polar surface area (TPSA) is 32.3 Å². The zero-order chi connectivity index (χ0) is 12.9. The van der Waals surface area contributed by atoms with Crippen molar-refractivity contribution in [2.45, 2.75) is 46.7 Å². The van der Waals surface area contributed by atoms with Crippen LogP contribution in [-0.2, 0) is 6.54 Å². The maximum Gasteiger partial charge on any atom is 0.0446 e. The van der Waals surface area contributed by atoms with Gasteiger partial charge in [0.15, 0.2) is 0 Å². The minimum absolute atomic E-state index is 0.172. The van der Waals surface area contributed by atoms with Crippen LogP contribution in [0.1, 0.15) is 38.3 Å². The van der Waals surface area contributed by atoms with E-state index in [-0.39, 0.29) is 12.0 Å². The molecule has 0 saturated carbocycles. The maximum absolute atomic E-state index is 9.11. The molecule has 0 aliphatic heterocycles. The smallest absolute Gasteiger partial charge is 0.0446 e. The van der Waals surface area contributed by atoms with Gasteiger partial charge < -0.3 is 10.4 Å². The summed E-state index contributed by atoms with van der Waals surface area (Å²) in [5.41, 5.74) is 2.82. The van der Waals surface area contributed by atoms with Gasteiger partial charge in [0.05, 0.1) is 0 Å². The molecule has 0 saturated heterocycles. The highest BCUT2D eigenvalue weighted by molar-refractivity contribution is 5.25. The van der Waals surface area contributed by atoms with Crippen molar-refractivity contribution in [2.75, 3.05) is 6.61 Å². The van der Waals surface area contributed by atoms with Crippen LogP contribution >= 0.6 is 0 Å². The lowest BCUT2D eigenvalue weighted by Gasteiger charge is -2.31. The van der Waals surface area contributed by atoms with Gasteiger partial charge in [0.1, 0.15) is 0 Å². The highest BCUT2D eigenvalue weighted by Crippen LogP contribution is 2.22. The molecule has 1 rings (SSSR count). The Morgan fingerprint density at radius 3 is 2.41 bits per heavy atom. The van der Waals surface area contributed by atoms with Gasteiger partial charge in [-0.3, -0.25) is 0 Å². The Labute approximate surface area is 105 Å². The van der Waals surface area contributed by atoms with E-state index in [4.69, 9.17) is 5.11 Å². The van der Waals surface area contributed by atoms with E-state index in [9.17, 15) is 0 Å². The third-order valence-corrected chi connectivity index (χ3v) is 3.26. The van der Waals surface area contributed by atoms with Crippen LogP contribution in [-0.4, -0.2) is 17.8 Å². The molecule has 0 amide bonds. The van der Waals surface area contributed by atoms with Crippen LogP contribution in [0.2, 0.25) is 0 Å². The second kappa shape index (κ2) is 6.18. The van der Waals surface area contributed by atoms with Crippen LogP contribution < -0.4 is 5.32 Å². The monoisotopic (exact) mass is 235 g/mol. The highest BCUT2D eigenvalue weighted by atomic mass is 16.3. The first kappa shape index (κ1) is 14.2. The highest BCUT2D eigenvalue weighted by Gasteiger charge is 2.23. The first-order chi connectivity index (χ1) is 7.95. The quantitative estimate of drug-likeness (QED) is 0.822. The predicted molar refractivity (Wildman–Crippen MR) is 73.0 cm³/mol. The molecule has 2 nitrogen and oxygen atoms in total. The second-order valence-electron chi connectivity index (χ2n) is 5.74. The third-order valence-electron chi connectivity index (χ3n) is 3.26. The Morgan fingerprint density at radius 1 is 1.24 bits per heavy atom. The Balaban J connectivity index is 2.61. The molecule has 0 radical (unpaired) electrons. The lowest BCUT2D eigenvalue weighted by Crippen LogP contribution is -2.40. The van der Waals surface area contributed by atoms with E-state index in [1.165, 1.54) is 11.1 Å². The molecule has 1 atom stereocenters. The van der Waals surface area contributed by atoms with Crippen molar-refractivity contribution < 1.29 is 5.11 Å². The van der Waals surface area contributed by atoms with E-state index in [1.54, 1.807) is 0 Å². The van der Waals surface area contributed by atoms with Crippen molar-refractivity contribution in [3.8, 4) is 0 Å². The SMILES string of the molecule is Cc1ccccc1CNC(CCO)C(C)(C)C. The average molecular weight is 235 g/mol. The molecule has 2 N–H and O–H groups in total. The molecule has 0 bridgehead atoms. The van der Waals surface area contributed by atoms with Crippen LogP contribution in [0.15, 0.2) is 24.3 Å². The summed E-state index contributed by atoms with van der Waals surface area (Å²) in [4.78, 5) is 0. The summed E-state index contributed by atoms with van der Waals surface area (Å²) in [6.45, 7) is 9.86. The van der Waals surface area contributed by atoms with Gasteiger partial charge in [0.2, 0.25) is 0 Å². The van der Waals surface area contributed by atoms with Gasteiger partial charge in [-0.25, -0.2) is 0 Å². The van der Waals surface area contributed by atoms with Gasteiger partial charge in [-0.05, 0) is 29.9 Å². The summed E-state index contributed by atoms with van der Waals surface area (Å²) in [7, 11) is 0. The molecule has 0 fully saturated rings. The molecule has 96 valence electrons. The number of hydrogen-bond donors (Lipinski definition) is 2. The fraction of sp³-hybridized carbons (Fsp3) is 0.600. The van der Waals surface area contributed by atoms with Gasteiger partial charge in [0, 0.05) is 19.2 Å². The molecule has 0 aliphatic carbocycles. The molecule has 1 aromatic carbocycles. The zero-order valence-electron chi connectivity index (χ0n) is 11.5. The Bertz CT molecular complexity index is 341. The van der Waals surface area contributed by atoms with E-state index < -0.39 is 0 Å². The number of nitrogens with one attached hydrogen (secondary N) is 1. The normalized spacial score (nSPS) is 13.7.